The summed E-state index contributed by atoms with van der Waals surface area (Å²) >= 11 is 0. The Morgan fingerprint density at radius 2 is 2.00 bits per heavy atom. The Balaban J connectivity index is 1.17. The van der Waals surface area contributed by atoms with Gasteiger partial charge in [-0.25, -0.2) is 10.4 Å². The fourth-order valence-corrected chi connectivity index (χ4v) is 5.26. The maximum atomic E-state index is 13.5. The third kappa shape index (κ3) is 5.94. The number of rotatable bonds is 8. The van der Waals surface area contributed by atoms with E-state index in [-0.39, 0.29) is 74.3 Å². The SMILES string of the molecule is CC(=O)C1C(=O)NN=CC1=N[C@@H](C)COCCC(=O)N1CCN2c3ncc(C(F)(F)F)cc3N(C3CC3)C(=O)C2C1. The molecule has 0 spiro atoms. The molecule has 1 aliphatic carbocycles. The highest BCUT2D eigenvalue weighted by Gasteiger charge is 2.48. The summed E-state index contributed by atoms with van der Waals surface area (Å²) in [7, 11) is 0. The van der Waals surface area contributed by atoms with Gasteiger partial charge in [-0.05, 0) is 32.8 Å². The van der Waals surface area contributed by atoms with E-state index < -0.39 is 35.6 Å². The number of carbonyl (C=O) groups is 4. The van der Waals surface area contributed by atoms with Gasteiger partial charge in [-0.3, -0.25) is 24.2 Å². The van der Waals surface area contributed by atoms with E-state index in [0.29, 0.717) is 18.7 Å². The Bertz CT molecular complexity index is 1310. The number of fused-ring (bicyclic) bond motifs is 3. The van der Waals surface area contributed by atoms with Gasteiger partial charge in [0.25, 0.3) is 11.8 Å². The first-order chi connectivity index (χ1) is 19.5. The van der Waals surface area contributed by atoms with Crippen LogP contribution in [0.4, 0.5) is 24.7 Å². The topological polar surface area (TPSA) is 137 Å². The second-order valence-electron chi connectivity index (χ2n) is 10.6. The number of hydrazone groups is 1. The van der Waals surface area contributed by atoms with Gasteiger partial charge in [0.2, 0.25) is 5.91 Å². The van der Waals surface area contributed by atoms with Crippen LogP contribution >= 0.6 is 0 Å². The van der Waals surface area contributed by atoms with Crippen LogP contribution in [0.25, 0.3) is 0 Å². The van der Waals surface area contributed by atoms with Crippen LogP contribution in [0, 0.1) is 5.92 Å². The molecule has 5 rings (SSSR count). The molecule has 3 amide bonds. The molecule has 2 unspecified atom stereocenters. The average Bonchev–Trinajstić information content (AvgIpc) is 3.75. The van der Waals surface area contributed by atoms with Crippen molar-refractivity contribution in [3.63, 3.8) is 0 Å². The van der Waals surface area contributed by atoms with Crippen molar-refractivity contribution in [2.75, 3.05) is 42.6 Å². The predicted octanol–water partition coefficient (Wildman–Crippen LogP) is 1.18. The number of hydrogen-bond donors (Lipinski definition) is 1. The van der Waals surface area contributed by atoms with E-state index in [9.17, 15) is 32.3 Å². The molecule has 0 radical (unpaired) electrons. The van der Waals surface area contributed by atoms with E-state index in [1.54, 1.807) is 16.7 Å². The predicted molar refractivity (Wildman–Crippen MR) is 141 cm³/mol. The van der Waals surface area contributed by atoms with Crippen LogP contribution < -0.4 is 15.2 Å². The van der Waals surface area contributed by atoms with Gasteiger partial charge in [-0.2, -0.15) is 18.3 Å². The van der Waals surface area contributed by atoms with Crippen molar-refractivity contribution < 1.29 is 37.1 Å². The Morgan fingerprint density at radius 1 is 1.24 bits per heavy atom. The zero-order valence-electron chi connectivity index (χ0n) is 22.6. The van der Waals surface area contributed by atoms with Crippen molar-refractivity contribution in [2.24, 2.45) is 16.0 Å². The molecule has 41 heavy (non-hydrogen) atoms. The van der Waals surface area contributed by atoms with E-state index >= 15 is 0 Å². The molecule has 12 nitrogen and oxygen atoms in total. The van der Waals surface area contributed by atoms with E-state index in [2.05, 4.69) is 20.5 Å². The second-order valence-corrected chi connectivity index (χ2v) is 10.6. The Morgan fingerprint density at radius 3 is 2.68 bits per heavy atom. The number of Topliss-reactive ketones (excluding diaryl/α,β-unsaturated/α-hetero) is 1. The molecule has 1 aromatic heterocycles. The summed E-state index contributed by atoms with van der Waals surface area (Å²) in [4.78, 5) is 63.3. The van der Waals surface area contributed by atoms with Gasteiger partial charge in [0.1, 0.15) is 17.7 Å². The quantitative estimate of drug-likeness (QED) is 0.362. The highest BCUT2D eigenvalue weighted by molar-refractivity contribution is 6.43. The molecule has 3 atom stereocenters. The minimum atomic E-state index is -4.58. The molecule has 220 valence electrons. The number of hydrogen-bond acceptors (Lipinski definition) is 9. The van der Waals surface area contributed by atoms with Crippen molar-refractivity contribution >= 4 is 46.9 Å². The number of alkyl halides is 3. The number of piperazine rings is 1. The summed E-state index contributed by atoms with van der Waals surface area (Å²) in [6.45, 7) is 3.92. The van der Waals surface area contributed by atoms with Crippen molar-refractivity contribution in [1.29, 1.82) is 0 Å². The van der Waals surface area contributed by atoms with Crippen LogP contribution in [0.1, 0.15) is 38.7 Å². The van der Waals surface area contributed by atoms with Crippen LogP contribution in [-0.2, 0) is 30.1 Å². The van der Waals surface area contributed by atoms with Gasteiger partial charge in [0, 0.05) is 25.3 Å². The van der Waals surface area contributed by atoms with Gasteiger partial charge in [-0.15, -0.1) is 0 Å². The number of anilines is 2. The summed E-state index contributed by atoms with van der Waals surface area (Å²) in [6, 6.07) is -0.309. The van der Waals surface area contributed by atoms with E-state index in [1.165, 1.54) is 18.0 Å². The number of aliphatic imine (C=N–C) groups is 1. The van der Waals surface area contributed by atoms with Gasteiger partial charge < -0.3 is 19.4 Å². The molecule has 1 saturated carbocycles. The molecule has 0 bridgehead atoms. The number of nitrogens with one attached hydrogen (secondary N) is 1. The monoisotopic (exact) mass is 577 g/mol. The van der Waals surface area contributed by atoms with Crippen LogP contribution in [0.15, 0.2) is 22.4 Å². The lowest BCUT2D eigenvalue weighted by atomic mass is 9.97. The molecule has 3 aliphatic heterocycles. The third-order valence-electron chi connectivity index (χ3n) is 7.40. The van der Waals surface area contributed by atoms with E-state index in [0.717, 1.165) is 12.3 Å². The van der Waals surface area contributed by atoms with Crippen molar-refractivity contribution in [2.45, 2.75) is 57.4 Å². The summed E-state index contributed by atoms with van der Waals surface area (Å²) in [5, 5.41) is 3.70. The summed E-state index contributed by atoms with van der Waals surface area (Å²) in [5.74, 6) is -2.14. The molecule has 4 heterocycles. The number of ketones is 1. The standard InChI is InChI=1S/C26H30F3N7O5/c1-14(32-18-11-31-33-24(39)22(18)15(2)37)13-41-8-5-21(38)34-6-7-35-20(12-34)25(40)36(17-3-4-17)19-9-16(26(27,28)29)10-30-23(19)35/h9-11,14,17,20,22H,3-8,12-13H2,1-2H3,(H,33,39)/t14-,20?,22?/m0/s1. The fraction of sp³-hybridized carbons (Fsp3) is 0.577. The maximum absolute atomic E-state index is 13.5. The fourth-order valence-electron chi connectivity index (χ4n) is 5.26. The summed E-state index contributed by atoms with van der Waals surface area (Å²) < 4.78 is 45.7. The van der Waals surface area contributed by atoms with Crippen LogP contribution in [0.5, 0.6) is 0 Å². The van der Waals surface area contributed by atoms with Crippen molar-refractivity contribution in [3.8, 4) is 0 Å². The molecule has 1 saturated heterocycles. The number of aromatic nitrogens is 1. The van der Waals surface area contributed by atoms with E-state index in [1.807, 2.05) is 0 Å². The van der Waals surface area contributed by atoms with Crippen LogP contribution in [-0.4, -0.2) is 96.3 Å². The first-order valence-electron chi connectivity index (χ1n) is 13.4. The third-order valence-corrected chi connectivity index (χ3v) is 7.40. The number of ether oxygens (including phenoxy) is 1. The lowest BCUT2D eigenvalue weighted by Crippen LogP contribution is -2.64. The average molecular weight is 578 g/mol. The zero-order chi connectivity index (χ0) is 29.5. The van der Waals surface area contributed by atoms with E-state index in [4.69, 9.17) is 4.74 Å². The van der Waals surface area contributed by atoms with Gasteiger partial charge >= 0.3 is 6.18 Å². The minimum Gasteiger partial charge on any atom is -0.379 e. The smallest absolute Gasteiger partial charge is 0.379 e. The first-order valence-corrected chi connectivity index (χ1v) is 13.4. The summed E-state index contributed by atoms with van der Waals surface area (Å²) in [5.41, 5.74) is 1.75. The van der Waals surface area contributed by atoms with Crippen LogP contribution in [0.3, 0.4) is 0 Å². The lowest BCUT2D eigenvalue weighted by Gasteiger charge is -2.47. The summed E-state index contributed by atoms with van der Waals surface area (Å²) in [6.07, 6.45) is -1.01. The Hall–Kier alpha value is -3.88. The molecular formula is C26H30F3N7O5. The lowest BCUT2D eigenvalue weighted by molar-refractivity contribution is -0.138. The maximum Gasteiger partial charge on any atom is 0.417 e. The number of amides is 3. The molecule has 15 heteroatoms. The highest BCUT2D eigenvalue weighted by atomic mass is 19.4. The molecule has 2 fully saturated rings. The molecule has 0 aromatic carbocycles. The first kappa shape index (κ1) is 28.6. The molecular weight excluding hydrogens is 547 g/mol. The molecule has 1 aromatic rings. The van der Waals surface area contributed by atoms with Gasteiger partial charge in [0.05, 0.1) is 55.4 Å². The van der Waals surface area contributed by atoms with Gasteiger partial charge in [0.15, 0.2) is 5.82 Å². The van der Waals surface area contributed by atoms with Gasteiger partial charge in [-0.1, -0.05) is 0 Å². The molecule has 4 aliphatic rings. The van der Waals surface area contributed by atoms with Crippen molar-refractivity contribution in [3.05, 3.63) is 17.8 Å². The number of halogens is 3. The van der Waals surface area contributed by atoms with Crippen molar-refractivity contribution in [1.82, 2.24) is 15.3 Å². The largest absolute Gasteiger partial charge is 0.417 e. The molecule has 1 N–H and O–H groups in total. The second kappa shape index (κ2) is 11.2. The number of nitrogens with zero attached hydrogens (tertiary/aromatic N) is 6. The number of carbonyl (C=O) groups excluding carboxylic acids is 4. The minimum absolute atomic E-state index is 0.0558. The Kier molecular flexibility index (Phi) is 7.81. The number of pyridine rings is 1. The van der Waals surface area contributed by atoms with Crippen LogP contribution in [0.2, 0.25) is 0 Å². The normalized spacial score (nSPS) is 24.2. The Labute approximate surface area is 233 Å². The zero-order valence-corrected chi connectivity index (χ0v) is 22.6. The highest BCUT2D eigenvalue weighted by Crippen LogP contribution is 2.44.